The van der Waals surface area contributed by atoms with Crippen LogP contribution >= 0.6 is 0 Å². The van der Waals surface area contributed by atoms with Crippen molar-refractivity contribution in [3.8, 4) is 0 Å². The molecule has 6 nitrogen and oxygen atoms in total. The molecule has 2 fully saturated rings. The van der Waals surface area contributed by atoms with Crippen molar-refractivity contribution >= 4 is 17.5 Å². The Morgan fingerprint density at radius 1 is 1.33 bits per heavy atom. The highest BCUT2D eigenvalue weighted by molar-refractivity contribution is 6.07. The molecule has 1 aliphatic carbocycles. The lowest BCUT2D eigenvalue weighted by Crippen LogP contribution is -2.24. The number of rotatable bonds is 5. The molecule has 4 rings (SSSR count). The first-order chi connectivity index (χ1) is 11.8. The molecule has 1 aliphatic heterocycles. The summed E-state index contributed by atoms with van der Waals surface area (Å²) in [6.07, 6.45) is 6.51. The number of amides is 1. The summed E-state index contributed by atoms with van der Waals surface area (Å²) in [5.41, 5.74) is 1.86. The van der Waals surface area contributed by atoms with Gasteiger partial charge in [0.25, 0.3) is 5.91 Å². The van der Waals surface area contributed by atoms with Gasteiger partial charge in [-0.25, -0.2) is 4.98 Å². The monoisotopic (exact) mass is 325 g/mol. The number of aromatic nitrogens is 3. The van der Waals surface area contributed by atoms with E-state index < -0.39 is 0 Å². The molecule has 1 saturated carbocycles. The van der Waals surface area contributed by atoms with Gasteiger partial charge in [0.15, 0.2) is 5.82 Å². The van der Waals surface area contributed by atoms with E-state index in [4.69, 9.17) is 0 Å². The maximum atomic E-state index is 12.8. The second-order valence-electron chi connectivity index (χ2n) is 6.57. The third-order valence-corrected chi connectivity index (χ3v) is 4.78. The number of anilines is 2. The second-order valence-corrected chi connectivity index (χ2v) is 6.57. The van der Waals surface area contributed by atoms with Crippen molar-refractivity contribution in [1.82, 2.24) is 14.8 Å². The molecule has 0 unspecified atom stereocenters. The highest BCUT2D eigenvalue weighted by atomic mass is 16.1. The lowest BCUT2D eigenvalue weighted by Gasteiger charge is -2.19. The number of aryl methyl sites for hydroxylation is 1. The second kappa shape index (κ2) is 6.26. The SMILES string of the molecule is CCn1nc(NC(=O)c2cccnc2N2CCCC2)cc1C1CC1. The first-order valence-corrected chi connectivity index (χ1v) is 8.85. The van der Waals surface area contributed by atoms with Crippen molar-refractivity contribution in [1.29, 1.82) is 0 Å². The van der Waals surface area contributed by atoms with Crippen molar-refractivity contribution in [3.05, 3.63) is 35.7 Å². The van der Waals surface area contributed by atoms with Gasteiger partial charge in [-0.2, -0.15) is 5.10 Å². The van der Waals surface area contributed by atoms with Crippen molar-refractivity contribution in [2.24, 2.45) is 0 Å². The van der Waals surface area contributed by atoms with E-state index in [0.717, 1.165) is 38.3 Å². The van der Waals surface area contributed by atoms with E-state index in [1.165, 1.54) is 18.5 Å². The molecule has 0 spiro atoms. The zero-order chi connectivity index (χ0) is 16.5. The van der Waals surface area contributed by atoms with Crippen molar-refractivity contribution in [2.45, 2.75) is 45.1 Å². The number of nitrogens with one attached hydrogen (secondary N) is 1. The van der Waals surface area contributed by atoms with E-state index in [1.54, 1.807) is 6.20 Å². The van der Waals surface area contributed by atoms with Gasteiger partial charge in [0, 0.05) is 43.5 Å². The smallest absolute Gasteiger partial charge is 0.260 e. The number of hydrogen-bond acceptors (Lipinski definition) is 4. The average molecular weight is 325 g/mol. The molecule has 2 aliphatic rings. The fraction of sp³-hybridized carbons (Fsp3) is 0.500. The van der Waals surface area contributed by atoms with Crippen molar-refractivity contribution in [2.75, 3.05) is 23.3 Å². The van der Waals surface area contributed by atoms with E-state index in [0.29, 0.717) is 17.3 Å². The Balaban J connectivity index is 1.56. The Hall–Kier alpha value is -2.37. The summed E-state index contributed by atoms with van der Waals surface area (Å²) in [5, 5.41) is 7.50. The van der Waals surface area contributed by atoms with Gasteiger partial charge in [-0.05, 0) is 44.7 Å². The van der Waals surface area contributed by atoms with Crippen molar-refractivity contribution in [3.63, 3.8) is 0 Å². The number of hydrogen-bond donors (Lipinski definition) is 1. The first kappa shape index (κ1) is 15.2. The summed E-state index contributed by atoms with van der Waals surface area (Å²) >= 11 is 0. The quantitative estimate of drug-likeness (QED) is 0.918. The van der Waals surface area contributed by atoms with Crippen LogP contribution in [0.4, 0.5) is 11.6 Å². The van der Waals surface area contributed by atoms with Gasteiger partial charge in [0.05, 0.1) is 5.56 Å². The molecule has 0 radical (unpaired) electrons. The van der Waals surface area contributed by atoms with E-state index in [9.17, 15) is 4.79 Å². The molecule has 6 heteroatoms. The Labute approximate surface area is 141 Å². The summed E-state index contributed by atoms with van der Waals surface area (Å²) in [6.45, 7) is 4.84. The molecule has 2 aromatic rings. The minimum atomic E-state index is -0.131. The Kier molecular flexibility index (Phi) is 3.96. The van der Waals surface area contributed by atoms with Gasteiger partial charge in [0.2, 0.25) is 0 Å². The highest BCUT2D eigenvalue weighted by Gasteiger charge is 2.28. The van der Waals surface area contributed by atoms with Gasteiger partial charge in [0.1, 0.15) is 5.82 Å². The van der Waals surface area contributed by atoms with Crippen LogP contribution in [-0.2, 0) is 6.54 Å². The van der Waals surface area contributed by atoms with Crippen LogP contribution in [0, 0.1) is 0 Å². The third kappa shape index (κ3) is 2.88. The first-order valence-electron chi connectivity index (χ1n) is 8.85. The van der Waals surface area contributed by atoms with Gasteiger partial charge in [-0.3, -0.25) is 9.48 Å². The molecule has 1 saturated heterocycles. The largest absolute Gasteiger partial charge is 0.356 e. The van der Waals surface area contributed by atoms with Gasteiger partial charge in [-0.15, -0.1) is 0 Å². The lowest BCUT2D eigenvalue weighted by molar-refractivity contribution is 0.102. The number of pyridine rings is 1. The van der Waals surface area contributed by atoms with E-state index in [2.05, 4.69) is 27.2 Å². The molecule has 2 aromatic heterocycles. The van der Waals surface area contributed by atoms with Crippen LogP contribution < -0.4 is 10.2 Å². The molecular formula is C18H23N5O. The van der Waals surface area contributed by atoms with Crippen LogP contribution in [0.15, 0.2) is 24.4 Å². The molecule has 24 heavy (non-hydrogen) atoms. The summed E-state index contributed by atoms with van der Waals surface area (Å²) in [6, 6.07) is 5.67. The topological polar surface area (TPSA) is 63.1 Å². The fourth-order valence-corrected chi connectivity index (χ4v) is 3.39. The Bertz CT molecular complexity index is 744. The Morgan fingerprint density at radius 2 is 2.12 bits per heavy atom. The molecular weight excluding hydrogens is 302 g/mol. The molecule has 3 heterocycles. The maximum Gasteiger partial charge on any atom is 0.260 e. The zero-order valence-electron chi connectivity index (χ0n) is 14.0. The molecule has 126 valence electrons. The zero-order valence-corrected chi connectivity index (χ0v) is 14.0. The summed E-state index contributed by atoms with van der Waals surface area (Å²) in [4.78, 5) is 19.4. The summed E-state index contributed by atoms with van der Waals surface area (Å²) < 4.78 is 2.00. The van der Waals surface area contributed by atoms with Crippen molar-refractivity contribution < 1.29 is 4.79 Å². The van der Waals surface area contributed by atoms with Gasteiger partial charge < -0.3 is 10.2 Å². The molecule has 0 atom stereocenters. The van der Waals surface area contributed by atoms with Crippen LogP contribution in [0.2, 0.25) is 0 Å². The fourth-order valence-electron chi connectivity index (χ4n) is 3.39. The molecule has 0 aromatic carbocycles. The molecule has 0 bridgehead atoms. The minimum Gasteiger partial charge on any atom is -0.356 e. The minimum absolute atomic E-state index is 0.131. The normalized spacial score (nSPS) is 17.3. The summed E-state index contributed by atoms with van der Waals surface area (Å²) in [5.74, 6) is 1.90. The maximum absolute atomic E-state index is 12.8. The van der Waals surface area contributed by atoms with E-state index in [1.807, 2.05) is 22.9 Å². The highest BCUT2D eigenvalue weighted by Crippen LogP contribution is 2.40. The van der Waals surface area contributed by atoms with Crippen LogP contribution in [0.3, 0.4) is 0 Å². The van der Waals surface area contributed by atoms with Gasteiger partial charge in [-0.1, -0.05) is 0 Å². The number of carbonyl (C=O) groups is 1. The predicted octanol–water partition coefficient (Wildman–Crippen LogP) is 3.03. The standard InChI is InChI=1S/C18H23N5O/c1-2-23-15(13-7-8-13)12-16(21-23)20-18(24)14-6-5-9-19-17(14)22-10-3-4-11-22/h5-6,9,12-13H,2-4,7-8,10-11H2,1H3,(H,20,21,24). The van der Waals surface area contributed by atoms with Crippen LogP contribution in [0.25, 0.3) is 0 Å². The lowest BCUT2D eigenvalue weighted by atomic mass is 10.2. The molecule has 1 amide bonds. The van der Waals surface area contributed by atoms with Crippen LogP contribution in [0.1, 0.15) is 54.6 Å². The number of nitrogens with zero attached hydrogens (tertiary/aromatic N) is 4. The molecule has 1 N–H and O–H groups in total. The van der Waals surface area contributed by atoms with E-state index >= 15 is 0 Å². The average Bonchev–Trinajstić information content (AvgIpc) is 3.15. The predicted molar refractivity (Wildman–Crippen MR) is 93.5 cm³/mol. The number of carbonyl (C=O) groups excluding carboxylic acids is 1. The van der Waals surface area contributed by atoms with Crippen LogP contribution in [-0.4, -0.2) is 33.8 Å². The van der Waals surface area contributed by atoms with Crippen LogP contribution in [0.5, 0.6) is 0 Å². The van der Waals surface area contributed by atoms with E-state index in [-0.39, 0.29) is 5.91 Å². The third-order valence-electron chi connectivity index (χ3n) is 4.78. The van der Waals surface area contributed by atoms with Gasteiger partial charge >= 0.3 is 0 Å². The Morgan fingerprint density at radius 3 is 2.83 bits per heavy atom. The summed E-state index contributed by atoms with van der Waals surface area (Å²) in [7, 11) is 0.